The van der Waals surface area contributed by atoms with Crippen LogP contribution >= 0.6 is 0 Å². The first-order chi connectivity index (χ1) is 16.1. The van der Waals surface area contributed by atoms with Crippen LogP contribution in [0.25, 0.3) is 0 Å². The van der Waals surface area contributed by atoms with Gasteiger partial charge in [-0.15, -0.1) is 0 Å². The van der Waals surface area contributed by atoms with Gasteiger partial charge < -0.3 is 25.0 Å². The van der Waals surface area contributed by atoms with Gasteiger partial charge in [0.1, 0.15) is 28.6 Å². The summed E-state index contributed by atoms with van der Waals surface area (Å²) in [6, 6.07) is 7.62. The predicted octanol–water partition coefficient (Wildman–Crippen LogP) is 4.41. The Morgan fingerprint density at radius 2 is 1.82 bits per heavy atom. The quantitative estimate of drug-likeness (QED) is 0.467. The SMILES string of the molecule is CNc1ccc(Oc2ccnc(NC(=O)C3CCN(C(=O)OC(C)(C)C)CC3)c2)cc1[N+](=O)[O-]. The Hall–Kier alpha value is -3.89. The standard InChI is InChI=1S/C23H29N5O6/c1-23(2,3)34-22(30)27-11-8-15(9-12-27)21(29)26-20-14-17(7-10-25-20)33-16-5-6-18(24-4)19(13-16)28(31)32/h5-7,10,13-15,24H,8-9,11-12H2,1-4H3,(H,25,26,29). The van der Waals surface area contributed by atoms with Crippen molar-refractivity contribution in [2.24, 2.45) is 5.92 Å². The maximum absolute atomic E-state index is 12.7. The summed E-state index contributed by atoms with van der Waals surface area (Å²) in [7, 11) is 1.60. The van der Waals surface area contributed by atoms with Crippen molar-refractivity contribution >= 4 is 29.2 Å². The van der Waals surface area contributed by atoms with E-state index in [9.17, 15) is 19.7 Å². The molecule has 0 spiro atoms. The largest absolute Gasteiger partial charge is 0.457 e. The molecule has 1 aliphatic heterocycles. The monoisotopic (exact) mass is 471 g/mol. The summed E-state index contributed by atoms with van der Waals surface area (Å²) in [5.41, 5.74) is -0.303. The van der Waals surface area contributed by atoms with E-state index in [-0.39, 0.29) is 29.4 Å². The van der Waals surface area contributed by atoms with E-state index in [1.165, 1.54) is 12.3 Å². The van der Waals surface area contributed by atoms with Crippen LogP contribution in [0.4, 0.5) is 22.0 Å². The van der Waals surface area contributed by atoms with E-state index in [2.05, 4.69) is 15.6 Å². The molecule has 0 aliphatic carbocycles. The van der Waals surface area contributed by atoms with Crippen molar-refractivity contribution in [1.29, 1.82) is 0 Å². The van der Waals surface area contributed by atoms with Crippen LogP contribution in [0.3, 0.4) is 0 Å². The lowest BCUT2D eigenvalue weighted by Crippen LogP contribution is -2.43. The van der Waals surface area contributed by atoms with Crippen molar-refractivity contribution < 1.29 is 24.0 Å². The average molecular weight is 472 g/mol. The second-order valence-corrected chi connectivity index (χ2v) is 8.90. The molecule has 3 rings (SSSR count). The first-order valence-corrected chi connectivity index (χ1v) is 10.9. The van der Waals surface area contributed by atoms with Gasteiger partial charge in [0.05, 0.1) is 11.0 Å². The number of likely N-dealkylation sites (tertiary alicyclic amines) is 1. The Kier molecular flexibility index (Phi) is 7.54. The van der Waals surface area contributed by atoms with E-state index in [0.29, 0.717) is 43.2 Å². The highest BCUT2D eigenvalue weighted by Gasteiger charge is 2.30. The molecule has 0 atom stereocenters. The summed E-state index contributed by atoms with van der Waals surface area (Å²) >= 11 is 0. The minimum absolute atomic E-state index is 0.111. The molecule has 1 aliphatic rings. The number of nitro benzene ring substituents is 1. The fraction of sp³-hybridized carbons (Fsp3) is 0.435. The summed E-state index contributed by atoms with van der Waals surface area (Å²) in [6.45, 7) is 6.31. The number of benzene rings is 1. The van der Waals surface area contributed by atoms with Gasteiger partial charge in [-0.1, -0.05) is 0 Å². The molecular weight excluding hydrogens is 442 g/mol. The van der Waals surface area contributed by atoms with Crippen LogP contribution in [-0.4, -0.2) is 52.5 Å². The zero-order chi connectivity index (χ0) is 24.9. The van der Waals surface area contributed by atoms with Gasteiger partial charge in [-0.25, -0.2) is 9.78 Å². The van der Waals surface area contributed by atoms with E-state index in [1.54, 1.807) is 36.2 Å². The van der Waals surface area contributed by atoms with Gasteiger partial charge in [-0.2, -0.15) is 0 Å². The van der Waals surface area contributed by atoms with Gasteiger partial charge in [-0.3, -0.25) is 14.9 Å². The Morgan fingerprint density at radius 1 is 1.15 bits per heavy atom. The number of carbonyl (C=O) groups excluding carboxylic acids is 2. The van der Waals surface area contributed by atoms with Crippen molar-refractivity contribution in [2.45, 2.75) is 39.2 Å². The maximum atomic E-state index is 12.7. The van der Waals surface area contributed by atoms with Gasteiger partial charge in [-0.05, 0) is 51.8 Å². The fourth-order valence-corrected chi connectivity index (χ4v) is 3.50. The molecule has 2 heterocycles. The zero-order valence-electron chi connectivity index (χ0n) is 19.7. The van der Waals surface area contributed by atoms with E-state index in [4.69, 9.17) is 9.47 Å². The summed E-state index contributed by atoms with van der Waals surface area (Å²) in [5.74, 6) is 0.503. The van der Waals surface area contributed by atoms with Crippen molar-refractivity contribution in [1.82, 2.24) is 9.88 Å². The minimum atomic E-state index is -0.566. The number of hydrogen-bond donors (Lipinski definition) is 2. The molecule has 11 heteroatoms. The van der Waals surface area contributed by atoms with E-state index in [0.717, 1.165) is 0 Å². The highest BCUT2D eigenvalue weighted by molar-refractivity contribution is 5.92. The van der Waals surface area contributed by atoms with Crippen molar-refractivity contribution in [3.05, 3.63) is 46.6 Å². The lowest BCUT2D eigenvalue weighted by Gasteiger charge is -2.32. The molecule has 0 saturated carbocycles. The average Bonchev–Trinajstić information content (AvgIpc) is 2.78. The smallest absolute Gasteiger partial charge is 0.410 e. The first-order valence-electron chi connectivity index (χ1n) is 10.9. The predicted molar refractivity (Wildman–Crippen MR) is 126 cm³/mol. The molecular formula is C23H29N5O6. The Labute approximate surface area is 197 Å². The molecule has 0 radical (unpaired) electrons. The van der Waals surface area contributed by atoms with Crippen LogP contribution in [0.1, 0.15) is 33.6 Å². The number of piperidine rings is 1. The lowest BCUT2D eigenvalue weighted by molar-refractivity contribution is -0.384. The van der Waals surface area contributed by atoms with Gasteiger partial charge in [0, 0.05) is 38.3 Å². The van der Waals surface area contributed by atoms with E-state index in [1.807, 2.05) is 20.8 Å². The molecule has 0 bridgehead atoms. The highest BCUT2D eigenvalue weighted by atomic mass is 16.6. The zero-order valence-corrected chi connectivity index (χ0v) is 19.7. The van der Waals surface area contributed by atoms with Crippen molar-refractivity contribution in [2.75, 3.05) is 30.8 Å². The topological polar surface area (TPSA) is 136 Å². The number of rotatable bonds is 6. The molecule has 1 fully saturated rings. The number of aromatic nitrogens is 1. The number of hydrogen-bond acceptors (Lipinski definition) is 8. The Morgan fingerprint density at radius 3 is 2.44 bits per heavy atom. The Bertz CT molecular complexity index is 1060. The van der Waals surface area contributed by atoms with Crippen LogP contribution in [-0.2, 0) is 9.53 Å². The van der Waals surface area contributed by atoms with Gasteiger partial charge in [0.2, 0.25) is 5.91 Å². The van der Waals surface area contributed by atoms with E-state index < -0.39 is 10.5 Å². The Balaban J connectivity index is 1.59. The molecule has 2 aromatic rings. The summed E-state index contributed by atoms with van der Waals surface area (Å²) in [6.07, 6.45) is 2.14. The lowest BCUT2D eigenvalue weighted by atomic mass is 9.96. The number of carbonyl (C=O) groups is 2. The third kappa shape index (κ3) is 6.56. The van der Waals surface area contributed by atoms with Crippen LogP contribution in [0.2, 0.25) is 0 Å². The van der Waals surface area contributed by atoms with Gasteiger partial charge >= 0.3 is 6.09 Å². The molecule has 2 N–H and O–H groups in total. The van der Waals surface area contributed by atoms with Gasteiger partial charge in [0.15, 0.2) is 0 Å². The second kappa shape index (κ2) is 10.4. The number of nitro groups is 1. The number of pyridine rings is 1. The summed E-state index contributed by atoms with van der Waals surface area (Å²) < 4.78 is 11.1. The second-order valence-electron chi connectivity index (χ2n) is 8.90. The number of amides is 2. The first kappa shape index (κ1) is 24.7. The third-order valence-corrected chi connectivity index (χ3v) is 5.17. The number of anilines is 2. The minimum Gasteiger partial charge on any atom is -0.457 e. The van der Waals surface area contributed by atoms with Crippen LogP contribution in [0.15, 0.2) is 36.5 Å². The normalized spacial score (nSPS) is 14.3. The molecule has 1 aromatic carbocycles. The molecule has 2 amide bonds. The molecule has 11 nitrogen and oxygen atoms in total. The number of ether oxygens (including phenoxy) is 2. The van der Waals surface area contributed by atoms with Crippen LogP contribution in [0, 0.1) is 16.0 Å². The third-order valence-electron chi connectivity index (χ3n) is 5.17. The number of nitrogens with one attached hydrogen (secondary N) is 2. The molecule has 1 saturated heterocycles. The summed E-state index contributed by atoms with van der Waals surface area (Å²) in [4.78, 5) is 41.5. The highest BCUT2D eigenvalue weighted by Crippen LogP contribution is 2.32. The summed E-state index contributed by atoms with van der Waals surface area (Å²) in [5, 5.41) is 16.8. The molecule has 34 heavy (non-hydrogen) atoms. The molecule has 0 unspecified atom stereocenters. The van der Waals surface area contributed by atoms with Crippen LogP contribution in [0.5, 0.6) is 11.5 Å². The van der Waals surface area contributed by atoms with E-state index >= 15 is 0 Å². The van der Waals surface area contributed by atoms with Crippen molar-refractivity contribution in [3.63, 3.8) is 0 Å². The maximum Gasteiger partial charge on any atom is 0.410 e. The molecule has 182 valence electrons. The number of nitrogens with zero attached hydrogens (tertiary/aromatic N) is 3. The fourth-order valence-electron chi connectivity index (χ4n) is 3.50. The van der Waals surface area contributed by atoms with Crippen LogP contribution < -0.4 is 15.4 Å². The van der Waals surface area contributed by atoms with Crippen molar-refractivity contribution in [3.8, 4) is 11.5 Å². The van der Waals surface area contributed by atoms with Gasteiger partial charge in [0.25, 0.3) is 5.69 Å². The molecule has 1 aromatic heterocycles.